The van der Waals surface area contributed by atoms with Crippen LogP contribution in [-0.4, -0.2) is 29.4 Å². The van der Waals surface area contributed by atoms with Crippen LogP contribution >= 0.6 is 11.3 Å². The second-order valence-electron chi connectivity index (χ2n) is 4.17. The van der Waals surface area contributed by atoms with Crippen LogP contribution in [-0.2, 0) is 6.54 Å². The number of amides is 1. The maximum absolute atomic E-state index is 12.4. The highest BCUT2D eigenvalue weighted by atomic mass is 32.1. The number of carbonyl (C=O) groups is 1. The van der Waals surface area contributed by atoms with Crippen molar-refractivity contribution in [3.8, 4) is 0 Å². The van der Waals surface area contributed by atoms with E-state index in [4.69, 9.17) is 0 Å². The molecule has 0 fully saturated rings. The number of nitrogens with zero attached hydrogens (tertiary/aromatic N) is 2. The van der Waals surface area contributed by atoms with Crippen LogP contribution in [0.4, 0.5) is 5.82 Å². The summed E-state index contributed by atoms with van der Waals surface area (Å²) in [6.07, 6.45) is 1.69. The summed E-state index contributed by atoms with van der Waals surface area (Å²) in [4.78, 5) is 19.5. The van der Waals surface area contributed by atoms with Crippen molar-refractivity contribution in [2.45, 2.75) is 13.5 Å². The van der Waals surface area contributed by atoms with Gasteiger partial charge in [0.1, 0.15) is 5.82 Å². The lowest BCUT2D eigenvalue weighted by atomic mass is 10.2. The van der Waals surface area contributed by atoms with Crippen LogP contribution in [0.25, 0.3) is 0 Å². The van der Waals surface area contributed by atoms with Gasteiger partial charge in [0, 0.05) is 24.7 Å². The molecule has 0 aliphatic heterocycles. The van der Waals surface area contributed by atoms with Crippen LogP contribution < -0.4 is 5.32 Å². The number of nitrogens with one attached hydrogen (secondary N) is 1. The Balaban J connectivity index is 2.14. The molecule has 2 rings (SSSR count). The Hall–Kier alpha value is -1.88. The fourth-order valence-electron chi connectivity index (χ4n) is 1.80. The summed E-state index contributed by atoms with van der Waals surface area (Å²) in [7, 11) is 1.81. The molecule has 100 valence electrons. The lowest BCUT2D eigenvalue weighted by molar-refractivity contribution is 0.0787. The number of thiophene rings is 1. The molecule has 0 aromatic carbocycles. The predicted octanol–water partition coefficient (Wildman–Crippen LogP) is 2.85. The normalized spacial score (nSPS) is 10.2. The molecule has 1 N–H and O–H groups in total. The molecular formula is C14H17N3OS. The van der Waals surface area contributed by atoms with E-state index in [9.17, 15) is 4.79 Å². The summed E-state index contributed by atoms with van der Waals surface area (Å²) >= 11 is 1.65. The average molecular weight is 275 g/mol. The van der Waals surface area contributed by atoms with Crippen molar-refractivity contribution in [1.29, 1.82) is 0 Å². The van der Waals surface area contributed by atoms with Gasteiger partial charge < -0.3 is 10.2 Å². The second-order valence-corrected chi connectivity index (χ2v) is 5.20. The molecule has 0 saturated carbocycles. The Kier molecular flexibility index (Phi) is 4.52. The minimum atomic E-state index is -0.0162. The number of carbonyl (C=O) groups excluding carboxylic acids is 1. The molecule has 2 heterocycles. The molecule has 19 heavy (non-hydrogen) atoms. The topological polar surface area (TPSA) is 45.2 Å². The fourth-order valence-corrected chi connectivity index (χ4v) is 2.56. The van der Waals surface area contributed by atoms with Crippen molar-refractivity contribution in [2.24, 2.45) is 0 Å². The maximum atomic E-state index is 12.4. The van der Waals surface area contributed by atoms with Crippen molar-refractivity contribution in [2.75, 3.05) is 18.9 Å². The minimum absolute atomic E-state index is 0.0162. The Morgan fingerprint density at radius 3 is 2.95 bits per heavy atom. The van der Waals surface area contributed by atoms with Gasteiger partial charge in [-0.2, -0.15) is 0 Å². The van der Waals surface area contributed by atoms with Crippen LogP contribution in [0.1, 0.15) is 22.2 Å². The number of pyridine rings is 1. The quantitative estimate of drug-likeness (QED) is 0.912. The number of aromatic nitrogens is 1. The second kappa shape index (κ2) is 6.33. The molecule has 2 aromatic rings. The Bertz CT molecular complexity index is 539. The monoisotopic (exact) mass is 275 g/mol. The van der Waals surface area contributed by atoms with Crippen molar-refractivity contribution in [3.05, 3.63) is 46.3 Å². The minimum Gasteiger partial charge on any atom is -0.370 e. The van der Waals surface area contributed by atoms with Gasteiger partial charge in [0.05, 0.1) is 12.1 Å². The number of rotatable bonds is 5. The van der Waals surface area contributed by atoms with Gasteiger partial charge in [0.2, 0.25) is 0 Å². The molecule has 5 heteroatoms. The van der Waals surface area contributed by atoms with E-state index >= 15 is 0 Å². The molecule has 0 aliphatic rings. The van der Waals surface area contributed by atoms with Gasteiger partial charge in [-0.3, -0.25) is 4.79 Å². The van der Waals surface area contributed by atoms with Crippen molar-refractivity contribution >= 4 is 23.1 Å². The average Bonchev–Trinajstić information content (AvgIpc) is 2.92. The molecule has 2 aromatic heterocycles. The third-order valence-corrected chi connectivity index (χ3v) is 3.56. The summed E-state index contributed by atoms with van der Waals surface area (Å²) < 4.78 is 0. The summed E-state index contributed by atoms with van der Waals surface area (Å²) in [5.74, 6) is 0.630. The van der Waals surface area contributed by atoms with E-state index in [0.717, 1.165) is 6.54 Å². The first kappa shape index (κ1) is 13.5. The van der Waals surface area contributed by atoms with Gasteiger partial charge in [0.25, 0.3) is 5.91 Å². The largest absolute Gasteiger partial charge is 0.370 e. The fraction of sp³-hybridized carbons (Fsp3) is 0.286. The zero-order valence-electron chi connectivity index (χ0n) is 11.1. The lowest BCUT2D eigenvalue weighted by Crippen LogP contribution is -2.27. The molecule has 0 saturated heterocycles. The Morgan fingerprint density at radius 1 is 1.42 bits per heavy atom. The van der Waals surface area contributed by atoms with E-state index < -0.39 is 0 Å². The first-order valence-corrected chi connectivity index (χ1v) is 7.07. The van der Waals surface area contributed by atoms with E-state index in [1.165, 1.54) is 4.88 Å². The van der Waals surface area contributed by atoms with Gasteiger partial charge in [-0.05, 0) is 30.5 Å². The van der Waals surface area contributed by atoms with Gasteiger partial charge in [-0.25, -0.2) is 4.98 Å². The SMILES string of the molecule is CCNc1ncccc1C(=O)N(C)Cc1cccs1. The standard InChI is InChI=1S/C14H17N3OS/c1-3-15-13-12(7-4-8-16-13)14(18)17(2)10-11-6-5-9-19-11/h4-9H,3,10H2,1-2H3,(H,15,16). The van der Waals surface area contributed by atoms with Crippen LogP contribution in [0, 0.1) is 0 Å². The van der Waals surface area contributed by atoms with Gasteiger partial charge in [-0.1, -0.05) is 6.07 Å². The van der Waals surface area contributed by atoms with E-state index in [2.05, 4.69) is 10.3 Å². The van der Waals surface area contributed by atoms with E-state index in [1.807, 2.05) is 31.5 Å². The van der Waals surface area contributed by atoms with Crippen LogP contribution in [0.15, 0.2) is 35.8 Å². The van der Waals surface area contributed by atoms with Gasteiger partial charge >= 0.3 is 0 Å². The highest BCUT2D eigenvalue weighted by molar-refractivity contribution is 7.09. The summed E-state index contributed by atoms with van der Waals surface area (Å²) in [5, 5.41) is 5.13. The smallest absolute Gasteiger partial charge is 0.257 e. The van der Waals surface area contributed by atoms with E-state index in [0.29, 0.717) is 17.9 Å². The Labute approximate surface area is 117 Å². The number of hydrogen-bond donors (Lipinski definition) is 1. The highest BCUT2D eigenvalue weighted by Gasteiger charge is 2.16. The summed E-state index contributed by atoms with van der Waals surface area (Å²) in [6.45, 7) is 3.35. The third-order valence-electron chi connectivity index (χ3n) is 2.70. The number of hydrogen-bond acceptors (Lipinski definition) is 4. The zero-order chi connectivity index (χ0) is 13.7. The maximum Gasteiger partial charge on any atom is 0.257 e. The Morgan fingerprint density at radius 2 is 2.26 bits per heavy atom. The molecule has 0 atom stereocenters. The third kappa shape index (κ3) is 3.32. The van der Waals surface area contributed by atoms with E-state index in [1.54, 1.807) is 34.6 Å². The van der Waals surface area contributed by atoms with Crippen LogP contribution in [0.5, 0.6) is 0 Å². The molecule has 0 bridgehead atoms. The highest BCUT2D eigenvalue weighted by Crippen LogP contribution is 2.16. The first-order valence-electron chi connectivity index (χ1n) is 6.19. The van der Waals surface area contributed by atoms with Crippen molar-refractivity contribution < 1.29 is 4.79 Å². The zero-order valence-corrected chi connectivity index (χ0v) is 11.9. The molecule has 1 amide bonds. The molecule has 0 unspecified atom stereocenters. The first-order chi connectivity index (χ1) is 9.22. The van der Waals surface area contributed by atoms with Crippen molar-refractivity contribution in [3.63, 3.8) is 0 Å². The number of anilines is 1. The van der Waals surface area contributed by atoms with E-state index in [-0.39, 0.29) is 5.91 Å². The van der Waals surface area contributed by atoms with Crippen LogP contribution in [0.2, 0.25) is 0 Å². The molecule has 0 spiro atoms. The summed E-state index contributed by atoms with van der Waals surface area (Å²) in [5.41, 5.74) is 0.614. The predicted molar refractivity (Wildman–Crippen MR) is 78.5 cm³/mol. The molecule has 0 aliphatic carbocycles. The summed E-state index contributed by atoms with van der Waals surface area (Å²) in [6, 6.07) is 7.61. The molecular weight excluding hydrogens is 258 g/mol. The molecule has 4 nitrogen and oxygen atoms in total. The van der Waals surface area contributed by atoms with Crippen molar-refractivity contribution in [1.82, 2.24) is 9.88 Å². The molecule has 0 radical (unpaired) electrons. The lowest BCUT2D eigenvalue weighted by Gasteiger charge is -2.18. The van der Waals surface area contributed by atoms with Crippen LogP contribution in [0.3, 0.4) is 0 Å². The van der Waals surface area contributed by atoms with Gasteiger partial charge in [0.15, 0.2) is 0 Å². The van der Waals surface area contributed by atoms with Gasteiger partial charge in [-0.15, -0.1) is 11.3 Å².